The molecule has 100 valence electrons. The normalized spacial score (nSPS) is 12.6. The number of nitrogens with two attached hydrogens (primary N) is 1. The average Bonchev–Trinajstić information content (AvgIpc) is 2.47. The third-order valence-corrected chi connectivity index (χ3v) is 3.43. The number of benzene rings is 2. The van der Waals surface area contributed by atoms with E-state index < -0.39 is 0 Å². The molecule has 0 aliphatic carbocycles. The van der Waals surface area contributed by atoms with Crippen LogP contribution in [-0.2, 0) is 0 Å². The lowest BCUT2D eigenvalue weighted by Gasteiger charge is -2.15. The van der Waals surface area contributed by atoms with Gasteiger partial charge in [0, 0.05) is 23.2 Å². The van der Waals surface area contributed by atoms with E-state index >= 15 is 0 Å². The summed E-state index contributed by atoms with van der Waals surface area (Å²) in [6.45, 7) is 1.89. The van der Waals surface area contributed by atoms with Gasteiger partial charge >= 0.3 is 0 Å². The molecular weight excluding hydrogens is 251 g/mol. The van der Waals surface area contributed by atoms with E-state index in [2.05, 4.69) is 4.98 Å². The summed E-state index contributed by atoms with van der Waals surface area (Å²) in [5, 5.41) is 0.536. The molecule has 0 amide bonds. The van der Waals surface area contributed by atoms with Crippen LogP contribution in [0, 0.1) is 5.82 Å². The first-order chi connectivity index (χ1) is 9.68. The van der Waals surface area contributed by atoms with E-state index in [0.717, 1.165) is 16.7 Å². The molecule has 0 bridgehead atoms. The number of rotatable bonds is 2. The number of fused-ring (bicyclic) bond motifs is 1. The van der Waals surface area contributed by atoms with Gasteiger partial charge in [-0.1, -0.05) is 36.4 Å². The Morgan fingerprint density at radius 3 is 2.50 bits per heavy atom. The second-order valence-corrected chi connectivity index (χ2v) is 4.88. The van der Waals surface area contributed by atoms with E-state index in [1.807, 2.05) is 43.3 Å². The Bertz CT molecular complexity index is 752. The van der Waals surface area contributed by atoms with Crippen LogP contribution in [0.3, 0.4) is 0 Å². The Labute approximate surface area is 117 Å². The van der Waals surface area contributed by atoms with E-state index in [9.17, 15) is 4.39 Å². The van der Waals surface area contributed by atoms with Crippen molar-refractivity contribution in [1.29, 1.82) is 0 Å². The summed E-state index contributed by atoms with van der Waals surface area (Å²) in [6.07, 6.45) is 1.74. The zero-order chi connectivity index (χ0) is 14.1. The van der Waals surface area contributed by atoms with E-state index in [-0.39, 0.29) is 11.9 Å². The van der Waals surface area contributed by atoms with E-state index in [1.165, 1.54) is 6.07 Å². The van der Waals surface area contributed by atoms with Crippen LogP contribution < -0.4 is 5.73 Å². The molecule has 0 radical (unpaired) electrons. The van der Waals surface area contributed by atoms with Crippen molar-refractivity contribution < 1.29 is 4.39 Å². The number of hydrogen-bond acceptors (Lipinski definition) is 2. The molecule has 0 saturated heterocycles. The van der Waals surface area contributed by atoms with Crippen LogP contribution in [0.5, 0.6) is 0 Å². The summed E-state index contributed by atoms with van der Waals surface area (Å²) in [5.74, 6) is -0.267. The minimum atomic E-state index is -0.267. The molecule has 2 nitrogen and oxygen atoms in total. The van der Waals surface area contributed by atoms with Gasteiger partial charge in [0.1, 0.15) is 5.82 Å². The van der Waals surface area contributed by atoms with Crippen LogP contribution in [0.4, 0.5) is 4.39 Å². The van der Waals surface area contributed by atoms with Crippen molar-refractivity contribution in [2.24, 2.45) is 5.73 Å². The predicted molar refractivity (Wildman–Crippen MR) is 79.7 cm³/mol. The largest absolute Gasteiger partial charge is 0.324 e. The summed E-state index contributed by atoms with van der Waals surface area (Å²) in [7, 11) is 0. The SMILES string of the molecule is CC(N)c1cnc2cccc(F)c2c1-c1ccccc1. The van der Waals surface area contributed by atoms with Crippen molar-refractivity contribution in [2.75, 3.05) is 0 Å². The summed E-state index contributed by atoms with van der Waals surface area (Å²) in [6, 6.07) is 14.5. The van der Waals surface area contributed by atoms with Gasteiger partial charge in [-0.15, -0.1) is 0 Å². The molecule has 3 heteroatoms. The molecule has 0 aliphatic rings. The van der Waals surface area contributed by atoms with Crippen LogP contribution in [0.1, 0.15) is 18.5 Å². The Kier molecular flexibility index (Phi) is 3.20. The molecule has 1 aromatic heterocycles. The maximum Gasteiger partial charge on any atom is 0.133 e. The number of pyridine rings is 1. The zero-order valence-electron chi connectivity index (χ0n) is 11.2. The van der Waals surface area contributed by atoms with Crippen molar-refractivity contribution in [1.82, 2.24) is 4.98 Å². The highest BCUT2D eigenvalue weighted by molar-refractivity contribution is 5.96. The lowest BCUT2D eigenvalue weighted by Crippen LogP contribution is -2.08. The van der Waals surface area contributed by atoms with Crippen LogP contribution >= 0.6 is 0 Å². The van der Waals surface area contributed by atoms with Gasteiger partial charge in [-0.25, -0.2) is 4.39 Å². The fourth-order valence-corrected chi connectivity index (χ4v) is 2.48. The predicted octanol–water partition coefficient (Wildman–Crippen LogP) is 4.06. The van der Waals surface area contributed by atoms with E-state index in [0.29, 0.717) is 10.9 Å². The third-order valence-electron chi connectivity index (χ3n) is 3.43. The van der Waals surface area contributed by atoms with Gasteiger partial charge in [-0.2, -0.15) is 0 Å². The molecule has 20 heavy (non-hydrogen) atoms. The first-order valence-electron chi connectivity index (χ1n) is 6.56. The average molecular weight is 266 g/mol. The number of hydrogen-bond donors (Lipinski definition) is 1. The fourth-order valence-electron chi connectivity index (χ4n) is 2.48. The molecular formula is C17H15FN2. The van der Waals surface area contributed by atoms with Gasteiger partial charge in [0.05, 0.1) is 5.52 Å². The Balaban J connectivity index is 2.45. The van der Waals surface area contributed by atoms with Crippen molar-refractivity contribution in [3.8, 4) is 11.1 Å². The summed E-state index contributed by atoms with van der Waals surface area (Å²) in [4.78, 5) is 4.33. The third kappa shape index (κ3) is 2.06. The molecule has 1 atom stereocenters. The lowest BCUT2D eigenvalue weighted by molar-refractivity contribution is 0.639. The summed E-state index contributed by atoms with van der Waals surface area (Å²) in [5.41, 5.74) is 9.33. The van der Waals surface area contributed by atoms with Gasteiger partial charge in [0.2, 0.25) is 0 Å². The highest BCUT2D eigenvalue weighted by atomic mass is 19.1. The van der Waals surface area contributed by atoms with Gasteiger partial charge < -0.3 is 5.73 Å². The topological polar surface area (TPSA) is 38.9 Å². The molecule has 0 aliphatic heterocycles. The van der Waals surface area contributed by atoms with E-state index in [1.54, 1.807) is 12.3 Å². The number of aromatic nitrogens is 1. The molecule has 0 saturated carbocycles. The van der Waals surface area contributed by atoms with Crippen LogP contribution in [0.15, 0.2) is 54.7 Å². The molecule has 1 unspecified atom stereocenters. The maximum atomic E-state index is 14.3. The zero-order valence-corrected chi connectivity index (χ0v) is 11.2. The van der Waals surface area contributed by atoms with Gasteiger partial charge in [0.15, 0.2) is 0 Å². The van der Waals surface area contributed by atoms with Gasteiger partial charge in [-0.05, 0) is 30.2 Å². The highest BCUT2D eigenvalue weighted by Crippen LogP contribution is 2.34. The van der Waals surface area contributed by atoms with Crippen molar-refractivity contribution >= 4 is 10.9 Å². The first-order valence-corrected chi connectivity index (χ1v) is 6.56. The second kappa shape index (κ2) is 5.02. The Morgan fingerprint density at radius 1 is 1.05 bits per heavy atom. The fraction of sp³-hybridized carbons (Fsp3) is 0.118. The van der Waals surface area contributed by atoms with Crippen LogP contribution in [0.25, 0.3) is 22.0 Å². The van der Waals surface area contributed by atoms with E-state index in [4.69, 9.17) is 5.73 Å². The molecule has 1 heterocycles. The Hall–Kier alpha value is -2.26. The standard InChI is InChI=1S/C17H15FN2/c1-11(19)13-10-20-15-9-5-8-14(18)17(15)16(13)12-6-3-2-4-7-12/h2-11H,19H2,1H3. The monoisotopic (exact) mass is 266 g/mol. The van der Waals surface area contributed by atoms with Crippen LogP contribution in [-0.4, -0.2) is 4.98 Å². The van der Waals surface area contributed by atoms with Gasteiger partial charge in [0.25, 0.3) is 0 Å². The number of nitrogens with zero attached hydrogens (tertiary/aromatic N) is 1. The minimum Gasteiger partial charge on any atom is -0.324 e. The van der Waals surface area contributed by atoms with Crippen molar-refractivity contribution in [3.63, 3.8) is 0 Å². The maximum absolute atomic E-state index is 14.3. The molecule has 3 rings (SSSR count). The minimum absolute atomic E-state index is 0.207. The van der Waals surface area contributed by atoms with Crippen molar-refractivity contribution in [2.45, 2.75) is 13.0 Å². The Morgan fingerprint density at radius 2 is 1.80 bits per heavy atom. The summed E-state index contributed by atoms with van der Waals surface area (Å²) < 4.78 is 14.3. The summed E-state index contributed by atoms with van der Waals surface area (Å²) >= 11 is 0. The van der Waals surface area contributed by atoms with Crippen LogP contribution in [0.2, 0.25) is 0 Å². The first kappa shape index (κ1) is 12.8. The molecule has 0 fully saturated rings. The smallest absolute Gasteiger partial charge is 0.133 e. The molecule has 3 aromatic rings. The highest BCUT2D eigenvalue weighted by Gasteiger charge is 2.16. The van der Waals surface area contributed by atoms with Crippen molar-refractivity contribution in [3.05, 3.63) is 66.1 Å². The molecule has 2 aromatic carbocycles. The van der Waals surface area contributed by atoms with Gasteiger partial charge in [-0.3, -0.25) is 4.98 Å². The molecule has 2 N–H and O–H groups in total. The quantitative estimate of drug-likeness (QED) is 0.759. The molecule has 0 spiro atoms. The number of halogens is 1. The second-order valence-electron chi connectivity index (χ2n) is 4.88. The lowest BCUT2D eigenvalue weighted by atomic mass is 9.93.